The second kappa shape index (κ2) is 5.52. The van der Waals surface area contributed by atoms with Crippen LogP contribution in [-0.2, 0) is 26.4 Å². The van der Waals surface area contributed by atoms with Gasteiger partial charge in [-0.1, -0.05) is 12.1 Å². The largest absolute Gasteiger partial charge is 0.361 e. The van der Waals surface area contributed by atoms with Gasteiger partial charge in [-0.05, 0) is 13.3 Å². The number of aryl methyl sites for hydroxylation is 4. The fourth-order valence-corrected chi connectivity index (χ4v) is 2.79. The van der Waals surface area contributed by atoms with Crippen molar-refractivity contribution in [2.45, 2.75) is 33.2 Å². The highest BCUT2D eigenvalue weighted by Gasteiger charge is 2.19. The molecule has 0 bridgehead atoms. The molecule has 0 aliphatic heterocycles. The van der Waals surface area contributed by atoms with E-state index in [9.17, 15) is 0 Å². The van der Waals surface area contributed by atoms with E-state index in [1.165, 1.54) is 0 Å². The molecule has 3 aromatic heterocycles. The molecule has 0 aliphatic carbocycles. The Balaban J connectivity index is 2.13. The van der Waals surface area contributed by atoms with Gasteiger partial charge in [-0.3, -0.25) is 4.68 Å². The lowest BCUT2D eigenvalue weighted by Gasteiger charge is -2.06. The van der Waals surface area contributed by atoms with Gasteiger partial charge in [0.25, 0.3) is 0 Å². The third kappa shape index (κ3) is 2.44. The summed E-state index contributed by atoms with van der Waals surface area (Å²) in [6.45, 7) is 4.59. The minimum atomic E-state index is 0.538. The first-order chi connectivity index (χ1) is 10.1. The maximum atomic E-state index is 5.91. The molecule has 0 aromatic carbocycles. The zero-order valence-electron chi connectivity index (χ0n) is 12.4. The Morgan fingerprint density at radius 3 is 2.81 bits per heavy atom. The topological polar surface area (TPSA) is 61.7 Å². The summed E-state index contributed by atoms with van der Waals surface area (Å²) in [5.74, 6) is 2.30. The van der Waals surface area contributed by atoms with E-state index in [4.69, 9.17) is 21.1 Å². The van der Waals surface area contributed by atoms with Crippen LogP contribution in [0.4, 0.5) is 0 Å². The molecule has 6 nitrogen and oxygen atoms in total. The molecule has 0 amide bonds. The minimum absolute atomic E-state index is 0.538. The molecule has 0 fully saturated rings. The van der Waals surface area contributed by atoms with Crippen molar-refractivity contribution in [3.8, 4) is 0 Å². The number of alkyl halides is 1. The van der Waals surface area contributed by atoms with Gasteiger partial charge in [0.05, 0.1) is 12.2 Å². The van der Waals surface area contributed by atoms with Crippen molar-refractivity contribution in [2.75, 3.05) is 5.88 Å². The van der Waals surface area contributed by atoms with E-state index >= 15 is 0 Å². The highest BCUT2D eigenvalue weighted by molar-refractivity contribution is 6.17. The summed E-state index contributed by atoms with van der Waals surface area (Å²) in [5.41, 5.74) is 3.85. The number of fused-ring (bicyclic) bond motifs is 1. The zero-order chi connectivity index (χ0) is 15.0. The predicted molar refractivity (Wildman–Crippen MR) is 80.6 cm³/mol. The number of aromatic nitrogens is 5. The van der Waals surface area contributed by atoms with Crippen molar-refractivity contribution in [3.63, 3.8) is 0 Å². The number of hydrogen-bond acceptors (Lipinski definition) is 4. The SMILES string of the molecule is CCc1nn(C)c2c1nc(CCCl)n2Cc1cc(C)on1. The minimum Gasteiger partial charge on any atom is -0.361 e. The molecule has 0 N–H and O–H groups in total. The molecule has 0 radical (unpaired) electrons. The van der Waals surface area contributed by atoms with E-state index < -0.39 is 0 Å². The summed E-state index contributed by atoms with van der Waals surface area (Å²) in [6.07, 6.45) is 1.58. The third-order valence-corrected chi connectivity index (χ3v) is 3.71. The standard InChI is InChI=1S/C14H18ClN5O/c1-4-11-13-14(19(3)17-11)20(12(16-13)5-6-15)8-10-7-9(2)21-18-10/h7H,4-6,8H2,1-3H3. The van der Waals surface area contributed by atoms with Gasteiger partial charge in [-0.2, -0.15) is 5.10 Å². The molecule has 3 aromatic rings. The molecule has 7 heteroatoms. The third-order valence-electron chi connectivity index (χ3n) is 3.52. The number of nitrogens with zero attached hydrogens (tertiary/aromatic N) is 5. The van der Waals surface area contributed by atoms with Crippen LogP contribution in [-0.4, -0.2) is 30.4 Å². The molecule has 0 saturated heterocycles. The van der Waals surface area contributed by atoms with Gasteiger partial charge in [0, 0.05) is 25.4 Å². The van der Waals surface area contributed by atoms with Crippen LogP contribution in [0.1, 0.15) is 29.9 Å². The van der Waals surface area contributed by atoms with Crippen LogP contribution in [0.25, 0.3) is 11.2 Å². The summed E-state index contributed by atoms with van der Waals surface area (Å²) in [5, 5.41) is 8.60. The summed E-state index contributed by atoms with van der Waals surface area (Å²) in [7, 11) is 1.94. The maximum Gasteiger partial charge on any atom is 0.159 e. The Morgan fingerprint density at radius 1 is 1.38 bits per heavy atom. The normalized spacial score (nSPS) is 11.6. The summed E-state index contributed by atoms with van der Waals surface area (Å²) >= 11 is 5.91. The molecule has 0 saturated carbocycles. The number of imidazole rings is 1. The number of hydrogen-bond donors (Lipinski definition) is 0. The lowest BCUT2D eigenvalue weighted by atomic mass is 10.3. The predicted octanol–water partition coefficient (Wildman–Crippen LogP) is 2.46. The molecule has 112 valence electrons. The Labute approximate surface area is 127 Å². The van der Waals surface area contributed by atoms with Crippen LogP contribution in [0.5, 0.6) is 0 Å². The first-order valence-electron chi connectivity index (χ1n) is 7.03. The van der Waals surface area contributed by atoms with Crippen LogP contribution >= 0.6 is 11.6 Å². The van der Waals surface area contributed by atoms with E-state index in [-0.39, 0.29) is 0 Å². The average molecular weight is 308 g/mol. The fraction of sp³-hybridized carbons (Fsp3) is 0.500. The van der Waals surface area contributed by atoms with E-state index in [0.29, 0.717) is 12.4 Å². The molecule has 0 spiro atoms. The van der Waals surface area contributed by atoms with Crippen LogP contribution in [0.15, 0.2) is 10.6 Å². The fourth-order valence-electron chi connectivity index (χ4n) is 2.62. The monoisotopic (exact) mass is 307 g/mol. The van der Waals surface area contributed by atoms with Gasteiger partial charge >= 0.3 is 0 Å². The van der Waals surface area contributed by atoms with Crippen LogP contribution in [0, 0.1) is 6.92 Å². The lowest BCUT2D eigenvalue weighted by molar-refractivity contribution is 0.389. The Hall–Kier alpha value is -1.82. The van der Waals surface area contributed by atoms with Gasteiger partial charge < -0.3 is 9.09 Å². The number of halogens is 1. The summed E-state index contributed by atoms with van der Waals surface area (Å²) in [6, 6.07) is 1.94. The highest BCUT2D eigenvalue weighted by atomic mass is 35.5. The van der Waals surface area contributed by atoms with Crippen molar-refractivity contribution in [3.05, 3.63) is 29.0 Å². The van der Waals surface area contributed by atoms with Crippen LogP contribution in [0.3, 0.4) is 0 Å². The van der Waals surface area contributed by atoms with Crippen molar-refractivity contribution in [1.29, 1.82) is 0 Å². The Bertz CT molecular complexity index is 770. The van der Waals surface area contributed by atoms with Gasteiger partial charge in [0.1, 0.15) is 22.8 Å². The molecule has 21 heavy (non-hydrogen) atoms. The first-order valence-corrected chi connectivity index (χ1v) is 7.56. The zero-order valence-corrected chi connectivity index (χ0v) is 13.2. The van der Waals surface area contributed by atoms with Gasteiger partial charge in [0.2, 0.25) is 0 Å². The van der Waals surface area contributed by atoms with E-state index in [2.05, 4.69) is 21.7 Å². The Morgan fingerprint density at radius 2 is 2.19 bits per heavy atom. The van der Waals surface area contributed by atoms with E-state index in [1.807, 2.05) is 24.7 Å². The Kier molecular flexibility index (Phi) is 3.71. The van der Waals surface area contributed by atoms with Crippen molar-refractivity contribution in [2.24, 2.45) is 7.05 Å². The molecular formula is C14H18ClN5O. The average Bonchev–Trinajstić information content (AvgIpc) is 3.09. The second-order valence-corrected chi connectivity index (χ2v) is 5.46. The van der Waals surface area contributed by atoms with E-state index in [1.54, 1.807) is 0 Å². The molecule has 3 heterocycles. The van der Waals surface area contributed by atoms with Crippen molar-refractivity contribution in [1.82, 2.24) is 24.5 Å². The quantitative estimate of drug-likeness (QED) is 0.679. The molecule has 0 aliphatic rings. The highest BCUT2D eigenvalue weighted by Crippen LogP contribution is 2.22. The lowest BCUT2D eigenvalue weighted by Crippen LogP contribution is -2.09. The van der Waals surface area contributed by atoms with Crippen molar-refractivity contribution >= 4 is 22.8 Å². The number of rotatable bonds is 5. The van der Waals surface area contributed by atoms with E-state index in [0.717, 1.165) is 47.0 Å². The molecule has 3 rings (SSSR count). The first kappa shape index (κ1) is 14.1. The van der Waals surface area contributed by atoms with Gasteiger partial charge in [0.15, 0.2) is 5.65 Å². The molecule has 0 unspecified atom stereocenters. The van der Waals surface area contributed by atoms with Crippen LogP contribution in [0.2, 0.25) is 0 Å². The smallest absolute Gasteiger partial charge is 0.159 e. The molecular weight excluding hydrogens is 290 g/mol. The van der Waals surface area contributed by atoms with Crippen molar-refractivity contribution < 1.29 is 4.52 Å². The summed E-state index contributed by atoms with van der Waals surface area (Å²) in [4.78, 5) is 4.73. The molecule has 0 atom stereocenters. The second-order valence-electron chi connectivity index (χ2n) is 5.08. The van der Waals surface area contributed by atoms with Crippen LogP contribution < -0.4 is 0 Å². The van der Waals surface area contributed by atoms with Gasteiger partial charge in [-0.25, -0.2) is 4.98 Å². The van der Waals surface area contributed by atoms with Gasteiger partial charge in [-0.15, -0.1) is 11.6 Å². The maximum absolute atomic E-state index is 5.91. The summed E-state index contributed by atoms with van der Waals surface area (Å²) < 4.78 is 9.16.